The van der Waals surface area contributed by atoms with Gasteiger partial charge in [-0.1, -0.05) is 34.9 Å². The lowest BCUT2D eigenvalue weighted by Gasteiger charge is -2.21. The van der Waals surface area contributed by atoms with Crippen molar-refractivity contribution in [3.63, 3.8) is 0 Å². The normalized spacial score (nSPS) is 12.5. The second-order valence-corrected chi connectivity index (χ2v) is 6.93. The van der Waals surface area contributed by atoms with Crippen LogP contribution in [0.1, 0.15) is 20.8 Å². The van der Waals surface area contributed by atoms with E-state index in [0.717, 1.165) is 21.8 Å². The highest BCUT2D eigenvalue weighted by Gasteiger charge is 2.20. The number of carbonyl (C=O) groups excluding carboxylic acids is 1. The predicted molar refractivity (Wildman–Crippen MR) is 74.9 cm³/mol. The van der Waals surface area contributed by atoms with E-state index in [2.05, 4.69) is 10.2 Å². The van der Waals surface area contributed by atoms with Gasteiger partial charge in [0.25, 0.3) is 0 Å². The Bertz CT molecular complexity index is 365. The Hall–Kier alpha value is -0.270. The van der Waals surface area contributed by atoms with Gasteiger partial charge < -0.3 is 4.90 Å². The van der Waals surface area contributed by atoms with E-state index in [1.54, 1.807) is 11.8 Å². The van der Waals surface area contributed by atoms with Crippen LogP contribution >= 0.6 is 34.9 Å². The summed E-state index contributed by atoms with van der Waals surface area (Å²) in [7, 11) is 0. The molecule has 7 heteroatoms. The van der Waals surface area contributed by atoms with E-state index in [4.69, 9.17) is 0 Å². The van der Waals surface area contributed by atoms with Gasteiger partial charge in [0, 0.05) is 13.1 Å². The van der Waals surface area contributed by atoms with Crippen LogP contribution < -0.4 is 0 Å². The molecule has 17 heavy (non-hydrogen) atoms. The topological polar surface area (TPSA) is 46.1 Å². The van der Waals surface area contributed by atoms with E-state index in [-0.39, 0.29) is 11.2 Å². The summed E-state index contributed by atoms with van der Waals surface area (Å²) in [5.74, 6) is 0.168. The van der Waals surface area contributed by atoms with Gasteiger partial charge in [0.05, 0.1) is 5.25 Å². The highest BCUT2D eigenvalue weighted by molar-refractivity contribution is 8.03. The highest BCUT2D eigenvalue weighted by Crippen LogP contribution is 2.30. The van der Waals surface area contributed by atoms with Crippen LogP contribution in [0.4, 0.5) is 0 Å². The maximum atomic E-state index is 12.0. The Balaban J connectivity index is 2.58. The minimum atomic E-state index is -0.0995. The standard InChI is InChI=1S/C10H17N3OS3/c1-5-13(6-2)8(14)7(3)16-10-12-11-9(15-4)17-10/h7H,5-6H2,1-4H3. The van der Waals surface area contributed by atoms with Crippen LogP contribution in [0.2, 0.25) is 0 Å². The summed E-state index contributed by atoms with van der Waals surface area (Å²) in [5, 5.41) is 7.98. The second kappa shape index (κ2) is 7.23. The summed E-state index contributed by atoms with van der Waals surface area (Å²) < 4.78 is 1.80. The Morgan fingerprint density at radius 3 is 2.41 bits per heavy atom. The van der Waals surface area contributed by atoms with Crippen molar-refractivity contribution in [3.05, 3.63) is 0 Å². The summed E-state index contributed by atoms with van der Waals surface area (Å²) in [6, 6.07) is 0. The molecule has 1 aromatic rings. The fourth-order valence-electron chi connectivity index (χ4n) is 1.32. The molecule has 0 N–H and O–H groups in total. The van der Waals surface area contributed by atoms with Gasteiger partial charge in [-0.15, -0.1) is 10.2 Å². The molecule has 96 valence electrons. The van der Waals surface area contributed by atoms with Gasteiger partial charge in [0.2, 0.25) is 5.91 Å². The largest absolute Gasteiger partial charge is 0.342 e. The number of aromatic nitrogens is 2. The number of amides is 1. The molecule has 0 aliphatic rings. The van der Waals surface area contributed by atoms with Crippen molar-refractivity contribution in [2.75, 3.05) is 19.3 Å². The summed E-state index contributed by atoms with van der Waals surface area (Å²) in [6.45, 7) is 7.43. The number of hydrogen-bond acceptors (Lipinski definition) is 6. The van der Waals surface area contributed by atoms with Crippen molar-refractivity contribution in [2.45, 2.75) is 34.7 Å². The van der Waals surface area contributed by atoms with Crippen LogP contribution in [0, 0.1) is 0 Å². The molecule has 0 aromatic carbocycles. The van der Waals surface area contributed by atoms with Crippen LogP contribution in [-0.4, -0.2) is 45.6 Å². The first-order valence-electron chi connectivity index (χ1n) is 5.45. The van der Waals surface area contributed by atoms with Crippen LogP contribution in [0.25, 0.3) is 0 Å². The number of carbonyl (C=O) groups is 1. The van der Waals surface area contributed by atoms with Crippen molar-refractivity contribution in [1.29, 1.82) is 0 Å². The maximum Gasteiger partial charge on any atom is 0.235 e. The van der Waals surface area contributed by atoms with Crippen LogP contribution in [0.3, 0.4) is 0 Å². The average Bonchev–Trinajstić information content (AvgIpc) is 2.78. The maximum absolute atomic E-state index is 12.0. The summed E-state index contributed by atoms with van der Waals surface area (Å²) >= 11 is 4.60. The SMILES string of the molecule is CCN(CC)C(=O)C(C)Sc1nnc(SC)s1. The lowest BCUT2D eigenvalue weighted by atomic mass is 10.4. The van der Waals surface area contributed by atoms with Crippen LogP contribution in [0.5, 0.6) is 0 Å². The van der Waals surface area contributed by atoms with Gasteiger partial charge in [-0.2, -0.15) is 0 Å². The molecule has 0 aliphatic heterocycles. The van der Waals surface area contributed by atoms with Gasteiger partial charge in [0.15, 0.2) is 8.68 Å². The molecule has 0 saturated carbocycles. The van der Waals surface area contributed by atoms with E-state index in [1.807, 2.05) is 31.9 Å². The van der Waals surface area contributed by atoms with Crippen molar-refractivity contribution in [2.24, 2.45) is 0 Å². The first-order chi connectivity index (χ1) is 8.12. The molecular weight excluding hydrogens is 274 g/mol. The van der Waals surface area contributed by atoms with E-state index >= 15 is 0 Å². The average molecular weight is 291 g/mol. The van der Waals surface area contributed by atoms with Gasteiger partial charge in [0.1, 0.15) is 0 Å². The molecule has 1 unspecified atom stereocenters. The molecule has 4 nitrogen and oxygen atoms in total. The number of nitrogens with zero attached hydrogens (tertiary/aromatic N) is 3. The smallest absolute Gasteiger partial charge is 0.235 e. The second-order valence-electron chi connectivity index (χ2n) is 3.31. The van der Waals surface area contributed by atoms with E-state index in [9.17, 15) is 4.79 Å². The fraction of sp³-hybridized carbons (Fsp3) is 0.700. The molecule has 0 bridgehead atoms. The molecule has 0 fully saturated rings. The molecule has 1 amide bonds. The number of rotatable bonds is 6. The highest BCUT2D eigenvalue weighted by atomic mass is 32.2. The Morgan fingerprint density at radius 1 is 1.35 bits per heavy atom. The van der Waals surface area contributed by atoms with Crippen molar-refractivity contribution >= 4 is 40.8 Å². The van der Waals surface area contributed by atoms with Gasteiger partial charge in [-0.3, -0.25) is 4.79 Å². The number of thioether (sulfide) groups is 2. The number of hydrogen-bond donors (Lipinski definition) is 0. The first-order valence-corrected chi connectivity index (χ1v) is 8.37. The third-order valence-corrected chi connectivity index (χ3v) is 5.33. The van der Waals surface area contributed by atoms with Gasteiger partial charge >= 0.3 is 0 Å². The third kappa shape index (κ3) is 4.15. The Morgan fingerprint density at radius 2 is 1.94 bits per heavy atom. The zero-order valence-corrected chi connectivity index (χ0v) is 12.9. The summed E-state index contributed by atoms with van der Waals surface area (Å²) in [5.41, 5.74) is 0. The molecular formula is C10H17N3OS3. The zero-order valence-electron chi connectivity index (χ0n) is 10.5. The molecule has 1 heterocycles. The minimum absolute atomic E-state index is 0.0995. The van der Waals surface area contributed by atoms with Crippen molar-refractivity contribution in [3.8, 4) is 0 Å². The van der Waals surface area contributed by atoms with Crippen LogP contribution in [0.15, 0.2) is 8.68 Å². The monoisotopic (exact) mass is 291 g/mol. The Labute approximate surface area is 115 Å². The molecule has 0 spiro atoms. The van der Waals surface area contributed by atoms with Crippen molar-refractivity contribution < 1.29 is 4.79 Å². The lowest BCUT2D eigenvalue weighted by Crippen LogP contribution is -2.36. The van der Waals surface area contributed by atoms with E-state index in [0.29, 0.717) is 0 Å². The third-order valence-electron chi connectivity index (χ3n) is 2.26. The lowest BCUT2D eigenvalue weighted by molar-refractivity contribution is -0.129. The minimum Gasteiger partial charge on any atom is -0.342 e. The Kier molecular flexibility index (Phi) is 6.29. The van der Waals surface area contributed by atoms with Crippen molar-refractivity contribution in [1.82, 2.24) is 15.1 Å². The molecule has 1 aromatic heterocycles. The van der Waals surface area contributed by atoms with E-state index < -0.39 is 0 Å². The molecule has 1 atom stereocenters. The van der Waals surface area contributed by atoms with Crippen LogP contribution in [-0.2, 0) is 4.79 Å². The summed E-state index contributed by atoms with van der Waals surface area (Å²) in [6.07, 6.45) is 1.97. The molecule has 0 radical (unpaired) electrons. The predicted octanol–water partition coefficient (Wildman–Crippen LogP) is 2.61. The van der Waals surface area contributed by atoms with Gasteiger partial charge in [-0.25, -0.2) is 0 Å². The van der Waals surface area contributed by atoms with E-state index in [1.165, 1.54) is 23.1 Å². The summed E-state index contributed by atoms with van der Waals surface area (Å²) in [4.78, 5) is 13.9. The quantitative estimate of drug-likeness (QED) is 0.754. The first kappa shape index (κ1) is 14.8. The van der Waals surface area contributed by atoms with Gasteiger partial charge in [-0.05, 0) is 27.0 Å². The molecule has 0 aliphatic carbocycles. The molecule has 1 rings (SSSR count). The zero-order chi connectivity index (χ0) is 12.8. The molecule has 0 saturated heterocycles. The fourth-order valence-corrected chi connectivity index (χ4v) is 3.99.